The Hall–Kier alpha value is -2.33. The van der Waals surface area contributed by atoms with Crippen LogP contribution in [0.2, 0.25) is 0 Å². The highest BCUT2D eigenvalue weighted by atomic mass is 16.5. The lowest BCUT2D eigenvalue weighted by molar-refractivity contribution is -0.120. The average molecular weight is 367 g/mol. The molecule has 1 atom stereocenters. The lowest BCUT2D eigenvalue weighted by atomic mass is 10.0. The van der Waals surface area contributed by atoms with Gasteiger partial charge in [-0.2, -0.15) is 0 Å². The van der Waals surface area contributed by atoms with Crippen LogP contribution in [0.15, 0.2) is 54.6 Å². The minimum atomic E-state index is 0.138. The van der Waals surface area contributed by atoms with Gasteiger partial charge in [0, 0.05) is 17.8 Å². The largest absolute Gasteiger partial charge is 0.497 e. The number of methoxy groups -OCH3 is 1. The van der Waals surface area contributed by atoms with Crippen LogP contribution in [0.1, 0.15) is 32.3 Å². The maximum atomic E-state index is 13.1. The van der Waals surface area contributed by atoms with E-state index >= 15 is 0 Å². The Morgan fingerprint density at radius 3 is 2.67 bits per heavy atom. The zero-order chi connectivity index (χ0) is 19.2. The van der Waals surface area contributed by atoms with E-state index in [1.54, 1.807) is 7.11 Å². The van der Waals surface area contributed by atoms with Crippen molar-refractivity contribution in [3.8, 4) is 5.75 Å². The molecule has 27 heavy (non-hydrogen) atoms. The van der Waals surface area contributed by atoms with Crippen molar-refractivity contribution in [2.75, 3.05) is 25.1 Å². The van der Waals surface area contributed by atoms with Gasteiger partial charge in [-0.15, -0.1) is 0 Å². The van der Waals surface area contributed by atoms with Gasteiger partial charge in [-0.05, 0) is 69.5 Å². The molecule has 0 spiro atoms. The summed E-state index contributed by atoms with van der Waals surface area (Å²) in [6.07, 6.45) is 3.24. The predicted molar refractivity (Wildman–Crippen MR) is 110 cm³/mol. The summed E-state index contributed by atoms with van der Waals surface area (Å²) in [4.78, 5) is 17.4. The van der Waals surface area contributed by atoms with E-state index in [0.717, 1.165) is 37.2 Å². The number of benzene rings is 2. The first kappa shape index (κ1) is 19.4. The van der Waals surface area contributed by atoms with Crippen LogP contribution in [0, 0.1) is 0 Å². The summed E-state index contributed by atoms with van der Waals surface area (Å²) in [5.74, 6) is 1.07. The molecule has 3 rings (SSSR count). The molecular formula is C23H30N2O2. The van der Waals surface area contributed by atoms with Crippen LogP contribution in [0.5, 0.6) is 5.75 Å². The molecule has 0 aliphatic carbocycles. The van der Waals surface area contributed by atoms with Gasteiger partial charge in [0.25, 0.3) is 0 Å². The number of amides is 1. The number of nitrogens with zero attached hydrogens (tertiary/aromatic N) is 2. The van der Waals surface area contributed by atoms with E-state index in [2.05, 4.69) is 30.9 Å². The Morgan fingerprint density at radius 1 is 1.19 bits per heavy atom. The summed E-state index contributed by atoms with van der Waals surface area (Å²) in [5, 5.41) is 0. The topological polar surface area (TPSA) is 32.8 Å². The van der Waals surface area contributed by atoms with Gasteiger partial charge in [0.15, 0.2) is 0 Å². The van der Waals surface area contributed by atoms with Crippen molar-refractivity contribution in [3.63, 3.8) is 0 Å². The van der Waals surface area contributed by atoms with E-state index in [-0.39, 0.29) is 11.9 Å². The van der Waals surface area contributed by atoms with E-state index in [0.29, 0.717) is 12.6 Å². The first-order chi connectivity index (χ1) is 13.1. The lowest BCUT2D eigenvalue weighted by Gasteiger charge is -2.31. The number of likely N-dealkylation sites (tertiary alicyclic amines) is 1. The molecule has 1 saturated heterocycles. The summed E-state index contributed by atoms with van der Waals surface area (Å²) in [6, 6.07) is 18.8. The maximum absolute atomic E-state index is 13.1. The van der Waals surface area contributed by atoms with Crippen LogP contribution >= 0.6 is 0 Å². The Bertz CT molecular complexity index is 745. The SMILES string of the molecule is COc1cccc(C[C@H]2CCCN2CC(=O)N(c2ccccc2)C(C)C)c1. The monoisotopic (exact) mass is 366 g/mol. The molecule has 0 saturated carbocycles. The van der Waals surface area contributed by atoms with Crippen molar-refractivity contribution >= 4 is 11.6 Å². The Labute approximate surface area is 162 Å². The van der Waals surface area contributed by atoms with Gasteiger partial charge in [-0.25, -0.2) is 0 Å². The first-order valence-corrected chi connectivity index (χ1v) is 9.82. The van der Waals surface area contributed by atoms with Gasteiger partial charge in [0.05, 0.1) is 13.7 Å². The molecule has 1 aliphatic rings. The summed E-state index contributed by atoms with van der Waals surface area (Å²) >= 11 is 0. The fourth-order valence-corrected chi connectivity index (χ4v) is 3.97. The third-order valence-electron chi connectivity index (χ3n) is 5.26. The van der Waals surface area contributed by atoms with E-state index in [1.807, 2.05) is 47.4 Å². The quantitative estimate of drug-likeness (QED) is 0.738. The number of hydrogen-bond acceptors (Lipinski definition) is 3. The highest BCUT2D eigenvalue weighted by Crippen LogP contribution is 2.24. The molecule has 2 aromatic rings. The number of rotatable bonds is 7. The zero-order valence-corrected chi connectivity index (χ0v) is 16.6. The molecular weight excluding hydrogens is 336 g/mol. The molecule has 0 N–H and O–H groups in total. The molecule has 2 aromatic carbocycles. The summed E-state index contributed by atoms with van der Waals surface area (Å²) in [5.41, 5.74) is 2.24. The van der Waals surface area contributed by atoms with Crippen LogP contribution in [-0.2, 0) is 11.2 Å². The molecule has 1 amide bonds. The second-order valence-electron chi connectivity index (χ2n) is 7.52. The van der Waals surface area contributed by atoms with Gasteiger partial charge in [-0.1, -0.05) is 30.3 Å². The van der Waals surface area contributed by atoms with Crippen molar-refractivity contribution in [2.45, 2.75) is 45.2 Å². The number of anilines is 1. The molecule has 4 nitrogen and oxygen atoms in total. The Morgan fingerprint density at radius 2 is 1.96 bits per heavy atom. The Kier molecular flexibility index (Phi) is 6.51. The average Bonchev–Trinajstić information content (AvgIpc) is 3.09. The normalized spacial score (nSPS) is 17.3. The summed E-state index contributed by atoms with van der Waals surface area (Å²) < 4.78 is 5.34. The number of para-hydroxylation sites is 1. The van der Waals surface area contributed by atoms with E-state index in [4.69, 9.17) is 4.74 Å². The second kappa shape index (κ2) is 9.05. The highest BCUT2D eigenvalue weighted by molar-refractivity contribution is 5.95. The molecule has 1 aliphatic heterocycles. The van der Waals surface area contributed by atoms with Gasteiger partial charge in [0.2, 0.25) is 5.91 Å². The van der Waals surface area contributed by atoms with Crippen molar-refractivity contribution in [1.82, 2.24) is 4.90 Å². The molecule has 1 fully saturated rings. The predicted octanol–water partition coefficient (Wildman–Crippen LogP) is 4.14. The zero-order valence-electron chi connectivity index (χ0n) is 16.6. The van der Waals surface area contributed by atoms with Gasteiger partial charge in [0.1, 0.15) is 5.75 Å². The van der Waals surface area contributed by atoms with E-state index in [9.17, 15) is 4.79 Å². The van der Waals surface area contributed by atoms with Crippen LogP contribution in [0.4, 0.5) is 5.69 Å². The van der Waals surface area contributed by atoms with Crippen LogP contribution < -0.4 is 9.64 Å². The van der Waals surface area contributed by atoms with Gasteiger partial charge < -0.3 is 9.64 Å². The van der Waals surface area contributed by atoms with Crippen molar-refractivity contribution in [1.29, 1.82) is 0 Å². The van der Waals surface area contributed by atoms with Crippen LogP contribution in [0.25, 0.3) is 0 Å². The van der Waals surface area contributed by atoms with E-state index < -0.39 is 0 Å². The second-order valence-corrected chi connectivity index (χ2v) is 7.52. The third-order valence-corrected chi connectivity index (χ3v) is 5.26. The lowest BCUT2D eigenvalue weighted by Crippen LogP contribution is -2.45. The fourth-order valence-electron chi connectivity index (χ4n) is 3.97. The fraction of sp³-hybridized carbons (Fsp3) is 0.435. The number of carbonyl (C=O) groups is 1. The van der Waals surface area contributed by atoms with Crippen LogP contribution in [0.3, 0.4) is 0 Å². The molecule has 0 radical (unpaired) electrons. The number of hydrogen-bond donors (Lipinski definition) is 0. The summed E-state index contributed by atoms with van der Waals surface area (Å²) in [7, 11) is 1.70. The minimum Gasteiger partial charge on any atom is -0.497 e. The smallest absolute Gasteiger partial charge is 0.241 e. The molecule has 0 bridgehead atoms. The Balaban J connectivity index is 1.68. The minimum absolute atomic E-state index is 0.138. The first-order valence-electron chi connectivity index (χ1n) is 9.82. The van der Waals surface area contributed by atoms with Gasteiger partial charge >= 0.3 is 0 Å². The molecule has 0 aromatic heterocycles. The number of carbonyl (C=O) groups excluding carboxylic acids is 1. The third kappa shape index (κ3) is 4.89. The van der Waals surface area contributed by atoms with Gasteiger partial charge in [-0.3, -0.25) is 9.69 Å². The van der Waals surface area contributed by atoms with Crippen molar-refractivity contribution in [2.24, 2.45) is 0 Å². The molecule has 1 heterocycles. The van der Waals surface area contributed by atoms with Crippen molar-refractivity contribution in [3.05, 3.63) is 60.2 Å². The highest BCUT2D eigenvalue weighted by Gasteiger charge is 2.29. The molecule has 0 unspecified atom stereocenters. The van der Waals surface area contributed by atoms with Crippen LogP contribution in [-0.4, -0.2) is 43.1 Å². The molecule has 4 heteroatoms. The molecule has 144 valence electrons. The summed E-state index contributed by atoms with van der Waals surface area (Å²) in [6.45, 7) is 5.61. The van der Waals surface area contributed by atoms with E-state index in [1.165, 1.54) is 5.56 Å². The van der Waals surface area contributed by atoms with Crippen molar-refractivity contribution < 1.29 is 9.53 Å². The number of ether oxygens (including phenoxy) is 1. The standard InChI is InChI=1S/C23H30N2O2/c1-18(2)25(20-10-5-4-6-11-20)23(26)17-24-14-8-12-21(24)15-19-9-7-13-22(16-19)27-3/h4-7,9-11,13,16,18,21H,8,12,14-15,17H2,1-3H3/t21-/m1/s1. The maximum Gasteiger partial charge on any atom is 0.241 e.